The lowest BCUT2D eigenvalue weighted by Gasteiger charge is -2.09. The molecule has 1 amide bonds. The van der Waals surface area contributed by atoms with Gasteiger partial charge in [0.15, 0.2) is 0 Å². The standard InChI is InChI=1S/C25H26N2O3.C4H10N2.C3H9N.CH5N/c1-18-12-13-21(25(29)26-14-7-15-28)17-24(18)27-19(2)20-8-6-11-23(16-20)30-22-9-4-3-5-10-22;1-2-3-6-4-5;1-2-3-4;1-2/h3-6,8-13,16-17,28H,7,14-15H2,1-2H3,(H,26,29);4H,2-3H2,1H3,(H2,5,6);2-4H2,1H3;2H2,1H3. The van der Waals surface area contributed by atoms with Gasteiger partial charge in [-0.05, 0) is 94.2 Å². The summed E-state index contributed by atoms with van der Waals surface area (Å²) >= 11 is 0. The quantitative estimate of drug-likeness (QED) is 0.117. The predicted molar refractivity (Wildman–Crippen MR) is 177 cm³/mol. The van der Waals surface area contributed by atoms with E-state index < -0.39 is 0 Å². The van der Waals surface area contributed by atoms with Crippen molar-refractivity contribution < 1.29 is 14.6 Å². The zero-order valence-electron chi connectivity index (χ0n) is 25.8. The molecule has 0 aliphatic rings. The van der Waals surface area contributed by atoms with Crippen LogP contribution in [0.4, 0.5) is 5.69 Å². The van der Waals surface area contributed by atoms with Crippen LogP contribution in [0.1, 0.15) is 61.5 Å². The summed E-state index contributed by atoms with van der Waals surface area (Å²) in [4.78, 5) is 20.8. The van der Waals surface area contributed by atoms with Crippen molar-refractivity contribution in [1.29, 1.82) is 0 Å². The third kappa shape index (κ3) is 16.3. The van der Waals surface area contributed by atoms with Crippen LogP contribution in [-0.4, -0.2) is 56.4 Å². The number of nitrogens with two attached hydrogens (primary N) is 3. The second kappa shape index (κ2) is 24.7. The van der Waals surface area contributed by atoms with Gasteiger partial charge < -0.3 is 32.4 Å². The van der Waals surface area contributed by atoms with Crippen molar-refractivity contribution in [3.8, 4) is 11.5 Å². The summed E-state index contributed by atoms with van der Waals surface area (Å²) in [5.41, 5.74) is 18.5. The minimum atomic E-state index is -0.171. The molecular formula is C33H50N6O3. The highest BCUT2D eigenvalue weighted by Gasteiger charge is 2.09. The maximum atomic E-state index is 12.3. The maximum absolute atomic E-state index is 12.3. The number of carbonyl (C=O) groups excluding carboxylic acids is 1. The molecule has 0 aliphatic carbocycles. The van der Waals surface area contributed by atoms with E-state index in [0.29, 0.717) is 18.5 Å². The molecule has 8 N–H and O–H groups in total. The number of hydrogen-bond acceptors (Lipinski definition) is 7. The molecule has 0 fully saturated rings. The van der Waals surface area contributed by atoms with Crippen LogP contribution >= 0.6 is 0 Å². The van der Waals surface area contributed by atoms with Gasteiger partial charge >= 0.3 is 0 Å². The second-order valence-corrected chi connectivity index (χ2v) is 8.82. The van der Waals surface area contributed by atoms with E-state index in [9.17, 15) is 4.79 Å². The Balaban J connectivity index is 0.00000119. The Hall–Kier alpha value is -4.05. The molecule has 3 rings (SSSR count). The van der Waals surface area contributed by atoms with Crippen LogP contribution in [0.3, 0.4) is 0 Å². The number of aliphatic hydroxyl groups is 1. The molecule has 9 heteroatoms. The number of amides is 1. The summed E-state index contributed by atoms with van der Waals surface area (Å²) in [7, 11) is 1.50. The van der Waals surface area contributed by atoms with Gasteiger partial charge in [0.25, 0.3) is 5.91 Å². The zero-order valence-corrected chi connectivity index (χ0v) is 25.8. The highest BCUT2D eigenvalue weighted by atomic mass is 16.5. The minimum Gasteiger partial charge on any atom is -0.457 e. The molecule has 0 spiro atoms. The number of hydrogen-bond donors (Lipinski definition) is 5. The van der Waals surface area contributed by atoms with Crippen molar-refractivity contribution in [2.24, 2.45) is 27.2 Å². The molecule has 0 aromatic heterocycles. The van der Waals surface area contributed by atoms with Gasteiger partial charge in [0, 0.05) is 31.0 Å². The van der Waals surface area contributed by atoms with Gasteiger partial charge in [0.2, 0.25) is 0 Å². The molecule has 0 radical (unpaired) electrons. The smallest absolute Gasteiger partial charge is 0.251 e. The average Bonchev–Trinajstić information content (AvgIpc) is 3.03. The predicted octanol–water partition coefficient (Wildman–Crippen LogP) is 5.35. The average molecular weight is 579 g/mol. The van der Waals surface area contributed by atoms with Crippen LogP contribution in [0.15, 0.2) is 82.8 Å². The largest absolute Gasteiger partial charge is 0.457 e. The normalized spacial score (nSPS) is 10.3. The van der Waals surface area contributed by atoms with Crippen molar-refractivity contribution >= 4 is 23.6 Å². The number of para-hydroxylation sites is 1. The fourth-order valence-corrected chi connectivity index (χ4v) is 3.11. The topological polar surface area (TPSA) is 161 Å². The first-order chi connectivity index (χ1) is 20.4. The summed E-state index contributed by atoms with van der Waals surface area (Å²) in [6, 6.07) is 22.9. The van der Waals surface area contributed by atoms with Crippen molar-refractivity contribution in [2.75, 3.05) is 33.3 Å². The van der Waals surface area contributed by atoms with Crippen LogP contribution in [0.5, 0.6) is 11.5 Å². The number of carbonyl (C=O) groups is 1. The van der Waals surface area contributed by atoms with Gasteiger partial charge in [0.1, 0.15) is 11.5 Å². The first kappa shape index (κ1) is 38.0. The van der Waals surface area contributed by atoms with Crippen LogP contribution < -0.4 is 27.3 Å². The van der Waals surface area contributed by atoms with Gasteiger partial charge in [-0.3, -0.25) is 14.8 Å². The number of aliphatic hydroxyl groups excluding tert-OH is 1. The summed E-state index contributed by atoms with van der Waals surface area (Å²) in [5.74, 6) is 1.35. The first-order valence-corrected chi connectivity index (χ1v) is 14.3. The van der Waals surface area contributed by atoms with Gasteiger partial charge in [-0.15, -0.1) is 0 Å². The number of benzene rings is 3. The van der Waals surface area contributed by atoms with Crippen molar-refractivity contribution in [3.63, 3.8) is 0 Å². The summed E-state index contributed by atoms with van der Waals surface area (Å²) in [5, 5.41) is 11.7. The van der Waals surface area contributed by atoms with E-state index in [4.69, 9.17) is 26.3 Å². The Morgan fingerprint density at radius 3 is 2.19 bits per heavy atom. The van der Waals surface area contributed by atoms with Crippen LogP contribution in [0.2, 0.25) is 0 Å². The number of nitrogens with zero attached hydrogens (tertiary/aromatic N) is 2. The third-order valence-corrected chi connectivity index (χ3v) is 5.36. The molecular weight excluding hydrogens is 528 g/mol. The lowest BCUT2D eigenvalue weighted by molar-refractivity contribution is 0.0951. The summed E-state index contributed by atoms with van der Waals surface area (Å²) < 4.78 is 5.91. The van der Waals surface area contributed by atoms with E-state index in [1.165, 1.54) is 13.4 Å². The number of ether oxygens (including phenoxy) is 1. The molecule has 0 unspecified atom stereocenters. The number of nitrogens with one attached hydrogen (secondary N) is 1. The molecule has 3 aromatic rings. The lowest BCUT2D eigenvalue weighted by atomic mass is 10.1. The lowest BCUT2D eigenvalue weighted by Crippen LogP contribution is -2.24. The SMILES string of the molecule is CC(=Nc1cc(C(=O)NCCCO)ccc1C)c1cccc(Oc2ccccc2)c1.CCCN.CCCN=CN.CN. The monoisotopic (exact) mass is 578 g/mol. The third-order valence-electron chi connectivity index (χ3n) is 5.36. The van der Waals surface area contributed by atoms with E-state index in [0.717, 1.165) is 60.0 Å². The van der Waals surface area contributed by atoms with Crippen LogP contribution in [-0.2, 0) is 0 Å². The molecule has 0 bridgehead atoms. The number of rotatable bonds is 11. The van der Waals surface area contributed by atoms with E-state index in [2.05, 4.69) is 29.9 Å². The molecule has 0 atom stereocenters. The summed E-state index contributed by atoms with van der Waals surface area (Å²) in [6.07, 6.45) is 4.04. The van der Waals surface area contributed by atoms with Crippen molar-refractivity contribution in [2.45, 2.75) is 47.0 Å². The Morgan fingerprint density at radius 2 is 1.62 bits per heavy atom. The van der Waals surface area contributed by atoms with E-state index in [1.807, 2.05) is 74.5 Å². The fourth-order valence-electron chi connectivity index (χ4n) is 3.11. The first-order valence-electron chi connectivity index (χ1n) is 14.3. The van der Waals surface area contributed by atoms with Gasteiger partial charge in [0.05, 0.1) is 12.0 Å². The minimum absolute atomic E-state index is 0.0516. The van der Waals surface area contributed by atoms with E-state index in [1.54, 1.807) is 12.1 Å². The van der Waals surface area contributed by atoms with Crippen LogP contribution in [0, 0.1) is 6.92 Å². The molecule has 42 heavy (non-hydrogen) atoms. The Labute approximate surface area is 251 Å². The highest BCUT2D eigenvalue weighted by molar-refractivity contribution is 6.01. The van der Waals surface area contributed by atoms with Crippen molar-refractivity contribution in [3.05, 3.63) is 89.5 Å². The highest BCUT2D eigenvalue weighted by Crippen LogP contribution is 2.25. The van der Waals surface area contributed by atoms with E-state index >= 15 is 0 Å². The van der Waals surface area contributed by atoms with Crippen LogP contribution in [0.25, 0.3) is 0 Å². The Kier molecular flexibility index (Phi) is 22.3. The molecule has 230 valence electrons. The van der Waals surface area contributed by atoms with Gasteiger partial charge in [-0.25, -0.2) is 0 Å². The second-order valence-electron chi connectivity index (χ2n) is 8.82. The van der Waals surface area contributed by atoms with Gasteiger partial charge in [-0.1, -0.05) is 50.2 Å². The summed E-state index contributed by atoms with van der Waals surface area (Å²) in [6.45, 7) is 10.2. The molecule has 0 aliphatic heterocycles. The fraction of sp³-hybridized carbons (Fsp3) is 0.364. The van der Waals surface area contributed by atoms with E-state index in [-0.39, 0.29) is 12.5 Å². The number of aryl methyl sites for hydroxylation is 1. The molecule has 9 nitrogen and oxygen atoms in total. The maximum Gasteiger partial charge on any atom is 0.251 e. The zero-order chi connectivity index (χ0) is 31.6. The Bertz CT molecular complexity index is 1180. The molecule has 0 heterocycles. The molecule has 0 saturated carbocycles. The number of aliphatic imine (C=N–C) groups is 2. The Morgan fingerprint density at radius 1 is 0.952 bits per heavy atom. The molecule has 0 saturated heterocycles. The molecule has 3 aromatic carbocycles. The van der Waals surface area contributed by atoms with Crippen molar-refractivity contribution in [1.82, 2.24) is 5.32 Å². The van der Waals surface area contributed by atoms with Gasteiger partial charge in [-0.2, -0.15) is 0 Å².